The largest absolute Gasteiger partial charge is 0.502 e. The lowest BCUT2D eigenvalue weighted by Gasteiger charge is -2.19. The number of aromatic hydroxyl groups is 2. The van der Waals surface area contributed by atoms with E-state index in [0.29, 0.717) is 0 Å². The van der Waals surface area contributed by atoms with Crippen LogP contribution in [0.1, 0.15) is 71.3 Å². The maximum Gasteiger partial charge on any atom is 0.200 e. The summed E-state index contributed by atoms with van der Waals surface area (Å²) in [5.41, 5.74) is 0.511. The minimum atomic E-state index is -0.366. The Morgan fingerprint density at radius 3 is 0.969 bits per heavy atom. The van der Waals surface area contributed by atoms with E-state index in [2.05, 4.69) is 0 Å². The molecule has 2 aromatic rings. The molecule has 0 atom stereocenters. The van der Waals surface area contributed by atoms with Crippen LogP contribution in [0.5, 0.6) is 34.5 Å². The van der Waals surface area contributed by atoms with E-state index in [0.717, 1.165) is 0 Å². The van der Waals surface area contributed by atoms with Crippen LogP contribution in [-0.2, 0) is 0 Å². The first-order valence-electron chi connectivity index (χ1n) is 10.8. The standard InChI is InChI=1S/C25H34O7/c1-13(2)29-19-9-17(10-20(24(19)27)30-14(3)4)23(26)18-11-21(31-15(5)6)25(28)22(12-18)32-16(7)8/h9-16,27-28H,1-8H3. The second-order valence-electron chi connectivity index (χ2n) is 8.64. The summed E-state index contributed by atoms with van der Waals surface area (Å²) in [7, 11) is 0. The molecule has 0 radical (unpaired) electrons. The highest BCUT2D eigenvalue weighted by Gasteiger charge is 2.23. The smallest absolute Gasteiger partial charge is 0.200 e. The molecule has 32 heavy (non-hydrogen) atoms. The average Bonchev–Trinajstić information content (AvgIpc) is 2.65. The zero-order chi connectivity index (χ0) is 24.2. The predicted octanol–water partition coefficient (Wildman–Crippen LogP) is 5.48. The molecule has 176 valence electrons. The number of phenolic OH excluding ortho intramolecular Hbond substituents is 2. The molecule has 0 unspecified atom stereocenters. The first-order chi connectivity index (χ1) is 14.9. The highest BCUT2D eigenvalue weighted by atomic mass is 16.5. The topological polar surface area (TPSA) is 94.5 Å². The number of rotatable bonds is 10. The Morgan fingerprint density at radius 2 is 0.781 bits per heavy atom. The van der Waals surface area contributed by atoms with Crippen molar-refractivity contribution in [1.29, 1.82) is 0 Å². The monoisotopic (exact) mass is 446 g/mol. The lowest BCUT2D eigenvalue weighted by molar-refractivity contribution is 0.103. The molecular weight excluding hydrogens is 412 g/mol. The van der Waals surface area contributed by atoms with Gasteiger partial charge in [0.15, 0.2) is 28.8 Å². The van der Waals surface area contributed by atoms with E-state index < -0.39 is 0 Å². The van der Waals surface area contributed by atoms with Crippen LogP contribution in [0.25, 0.3) is 0 Å². The molecule has 0 saturated heterocycles. The fraction of sp³-hybridized carbons (Fsp3) is 0.480. The first-order valence-corrected chi connectivity index (χ1v) is 10.8. The van der Waals surface area contributed by atoms with E-state index in [9.17, 15) is 15.0 Å². The SMILES string of the molecule is CC(C)Oc1cc(C(=O)c2cc(OC(C)C)c(O)c(OC(C)C)c2)cc(OC(C)C)c1O. The third kappa shape index (κ3) is 6.45. The van der Waals surface area contributed by atoms with E-state index in [1.54, 1.807) is 0 Å². The Morgan fingerprint density at radius 1 is 0.562 bits per heavy atom. The number of hydrogen-bond acceptors (Lipinski definition) is 7. The minimum Gasteiger partial charge on any atom is -0.502 e. The molecule has 0 aliphatic carbocycles. The van der Waals surface area contributed by atoms with Gasteiger partial charge < -0.3 is 29.2 Å². The molecule has 2 rings (SSSR count). The van der Waals surface area contributed by atoms with Gasteiger partial charge in [-0.25, -0.2) is 0 Å². The van der Waals surface area contributed by atoms with E-state index in [1.807, 2.05) is 55.4 Å². The summed E-state index contributed by atoms with van der Waals surface area (Å²) in [6.45, 7) is 14.6. The number of phenols is 2. The molecule has 7 nitrogen and oxygen atoms in total. The number of ketones is 1. The van der Waals surface area contributed by atoms with Crippen molar-refractivity contribution in [2.75, 3.05) is 0 Å². The van der Waals surface area contributed by atoms with Crippen molar-refractivity contribution < 1.29 is 34.0 Å². The summed E-state index contributed by atoms with van der Waals surface area (Å²) in [6.07, 6.45) is -0.874. The van der Waals surface area contributed by atoms with Crippen LogP contribution < -0.4 is 18.9 Å². The molecular formula is C25H34O7. The predicted molar refractivity (Wildman–Crippen MR) is 123 cm³/mol. The number of carbonyl (C=O) groups excluding carboxylic acids is 1. The summed E-state index contributed by atoms with van der Waals surface area (Å²) >= 11 is 0. The average molecular weight is 447 g/mol. The van der Waals surface area contributed by atoms with Gasteiger partial charge in [-0.1, -0.05) is 0 Å². The van der Waals surface area contributed by atoms with Gasteiger partial charge in [0.1, 0.15) is 0 Å². The van der Waals surface area contributed by atoms with E-state index >= 15 is 0 Å². The number of hydrogen-bond donors (Lipinski definition) is 2. The van der Waals surface area contributed by atoms with Gasteiger partial charge in [0.05, 0.1) is 24.4 Å². The van der Waals surface area contributed by atoms with Crippen molar-refractivity contribution in [2.45, 2.75) is 79.8 Å². The lowest BCUT2D eigenvalue weighted by atomic mass is 10.0. The van der Waals surface area contributed by atoms with Crippen LogP contribution >= 0.6 is 0 Å². The van der Waals surface area contributed by atoms with Gasteiger partial charge in [0, 0.05) is 11.1 Å². The van der Waals surface area contributed by atoms with Crippen LogP contribution in [0.4, 0.5) is 0 Å². The van der Waals surface area contributed by atoms with Gasteiger partial charge in [-0.3, -0.25) is 4.79 Å². The molecule has 0 aliphatic rings. The third-order valence-corrected chi connectivity index (χ3v) is 4.06. The fourth-order valence-corrected chi connectivity index (χ4v) is 2.97. The van der Waals surface area contributed by atoms with Gasteiger partial charge in [-0.15, -0.1) is 0 Å². The molecule has 0 amide bonds. The molecule has 0 spiro atoms. The highest BCUT2D eigenvalue weighted by molar-refractivity contribution is 6.10. The van der Waals surface area contributed by atoms with Gasteiger partial charge >= 0.3 is 0 Å². The van der Waals surface area contributed by atoms with Gasteiger partial charge in [0.25, 0.3) is 0 Å². The van der Waals surface area contributed by atoms with Crippen molar-refractivity contribution in [3.8, 4) is 34.5 Å². The van der Waals surface area contributed by atoms with Crippen LogP contribution in [0.3, 0.4) is 0 Å². The Bertz CT molecular complexity index is 808. The first kappa shape index (κ1) is 25.2. The molecule has 0 heterocycles. The molecule has 0 bridgehead atoms. The summed E-state index contributed by atoms with van der Waals surface area (Å²) in [5.74, 6) is -0.0931. The van der Waals surface area contributed by atoms with Gasteiger partial charge in [0.2, 0.25) is 11.5 Å². The maximum absolute atomic E-state index is 13.4. The van der Waals surface area contributed by atoms with Crippen LogP contribution in [0, 0.1) is 0 Å². The van der Waals surface area contributed by atoms with E-state index in [-0.39, 0.29) is 75.8 Å². The molecule has 0 fully saturated rings. The maximum atomic E-state index is 13.4. The summed E-state index contributed by atoms with van der Waals surface area (Å²) in [6, 6.07) is 5.90. The van der Waals surface area contributed by atoms with E-state index in [4.69, 9.17) is 18.9 Å². The lowest BCUT2D eigenvalue weighted by Crippen LogP contribution is -2.12. The second-order valence-corrected chi connectivity index (χ2v) is 8.64. The Labute approximate surface area is 189 Å². The van der Waals surface area contributed by atoms with E-state index in [1.165, 1.54) is 24.3 Å². The zero-order valence-electron chi connectivity index (χ0n) is 20.1. The third-order valence-electron chi connectivity index (χ3n) is 4.06. The van der Waals surface area contributed by atoms with Gasteiger partial charge in [-0.05, 0) is 79.7 Å². The van der Waals surface area contributed by atoms with Crippen molar-refractivity contribution in [3.63, 3.8) is 0 Å². The Kier molecular flexibility index (Phi) is 8.25. The molecule has 0 aliphatic heterocycles. The quantitative estimate of drug-likeness (QED) is 0.467. The second kappa shape index (κ2) is 10.5. The highest BCUT2D eigenvalue weighted by Crippen LogP contribution is 2.42. The van der Waals surface area contributed by atoms with Crippen molar-refractivity contribution in [3.05, 3.63) is 35.4 Å². The number of benzene rings is 2. The summed E-state index contributed by atoms with van der Waals surface area (Å²) in [4.78, 5) is 13.4. The summed E-state index contributed by atoms with van der Waals surface area (Å²) in [5, 5.41) is 21.1. The normalized spacial score (nSPS) is 11.4. The fourth-order valence-electron chi connectivity index (χ4n) is 2.97. The van der Waals surface area contributed by atoms with Crippen molar-refractivity contribution in [1.82, 2.24) is 0 Å². The zero-order valence-corrected chi connectivity index (χ0v) is 20.1. The minimum absolute atomic E-state index is 0.151. The van der Waals surface area contributed by atoms with Gasteiger partial charge in [-0.2, -0.15) is 0 Å². The molecule has 2 aromatic carbocycles. The van der Waals surface area contributed by atoms with Crippen LogP contribution in [0.2, 0.25) is 0 Å². The van der Waals surface area contributed by atoms with Crippen molar-refractivity contribution in [2.24, 2.45) is 0 Å². The number of ether oxygens (including phenoxy) is 4. The van der Waals surface area contributed by atoms with Crippen LogP contribution in [-0.4, -0.2) is 40.4 Å². The molecule has 7 heteroatoms. The van der Waals surface area contributed by atoms with Crippen LogP contribution in [0.15, 0.2) is 24.3 Å². The molecule has 0 saturated carbocycles. The Hall–Kier alpha value is -3.09. The van der Waals surface area contributed by atoms with Crippen molar-refractivity contribution >= 4 is 5.78 Å². The Balaban J connectivity index is 2.61. The molecule has 2 N–H and O–H groups in total. The molecule has 0 aromatic heterocycles. The number of carbonyl (C=O) groups is 1. The summed E-state index contributed by atoms with van der Waals surface area (Å²) < 4.78 is 22.8.